The molecule has 9 atom stereocenters. The molecular weight excluding hydrogens is 1450 g/mol. The number of aliphatic imine (C=N–C) groups is 3. The van der Waals surface area contributed by atoms with Crippen molar-refractivity contribution in [2.24, 2.45) is 32.2 Å². The van der Waals surface area contributed by atoms with Gasteiger partial charge in [0.05, 0.1) is 33.4 Å². The molecule has 0 saturated carbocycles. The summed E-state index contributed by atoms with van der Waals surface area (Å²) in [6.07, 6.45) is 11.3. The molecule has 0 saturated heterocycles. The summed E-state index contributed by atoms with van der Waals surface area (Å²) in [5, 5.41) is 48.8. The number of rotatable bonds is 6. The van der Waals surface area contributed by atoms with Gasteiger partial charge >= 0.3 is 7.12 Å². The van der Waals surface area contributed by atoms with Gasteiger partial charge in [0.15, 0.2) is 0 Å². The third kappa shape index (κ3) is 14.3. The summed E-state index contributed by atoms with van der Waals surface area (Å²) in [6, 6.07) is 61.3. The Morgan fingerprint density at radius 2 is 0.761 bits per heavy atom. The Labute approximate surface area is 637 Å². The second kappa shape index (κ2) is 30.1. The van der Waals surface area contributed by atoms with Crippen LogP contribution in [0.4, 0.5) is 13.2 Å². The van der Waals surface area contributed by atoms with Crippen LogP contribution >= 0.6 is 15.9 Å². The van der Waals surface area contributed by atoms with E-state index in [1.165, 1.54) is 68.1 Å². The van der Waals surface area contributed by atoms with Gasteiger partial charge < -0.3 is 41.5 Å². The van der Waals surface area contributed by atoms with Crippen LogP contribution in [0.25, 0.3) is 22.3 Å². The van der Waals surface area contributed by atoms with E-state index in [2.05, 4.69) is 88.7 Å². The van der Waals surface area contributed by atoms with Gasteiger partial charge in [-0.25, -0.2) is 57.9 Å². The fraction of sp³-hybridized carbons (Fsp3) is 0.286. The van der Waals surface area contributed by atoms with Crippen molar-refractivity contribution < 1.29 is 51.9 Å². The lowest BCUT2D eigenvalue weighted by Gasteiger charge is -2.41. The normalized spacial score (nSPS) is 24.2. The number of halogens is 4. The number of benzene rings is 9. The van der Waals surface area contributed by atoms with E-state index < -0.39 is 41.7 Å². The van der Waals surface area contributed by atoms with Crippen molar-refractivity contribution in [3.05, 3.63) is 271 Å². The zero-order chi connectivity index (χ0) is 76.0. The maximum Gasteiger partial charge on any atom is 0.488 e. The first-order chi connectivity index (χ1) is 52.6. The number of hydroxylamine groups is 6. The number of hydrogen-bond acceptors (Lipinski definition) is 20. The number of hydrogen-bond donors (Lipinski definition) is 5. The smallest absolute Gasteiger partial charge is 0.488 e. The molecule has 5 unspecified atom stereocenters. The molecule has 9 aliphatic rings. The van der Waals surface area contributed by atoms with E-state index in [1.807, 2.05) is 66.7 Å². The minimum absolute atomic E-state index is 0.00123. The van der Waals surface area contributed by atoms with Crippen LogP contribution < -0.4 is 36.9 Å². The minimum Gasteiger partial charge on any atom is -0.489 e. The molecule has 20 nitrogen and oxygen atoms in total. The van der Waals surface area contributed by atoms with Gasteiger partial charge in [0.1, 0.15) is 71.2 Å². The van der Waals surface area contributed by atoms with Gasteiger partial charge in [-0.15, -0.1) is 0 Å². The summed E-state index contributed by atoms with van der Waals surface area (Å²) in [5.41, 5.74) is 29.3. The van der Waals surface area contributed by atoms with E-state index in [1.54, 1.807) is 56.5 Å². The molecule has 0 radical (unpaired) electrons. The van der Waals surface area contributed by atoms with Gasteiger partial charge in [-0.05, 0) is 198 Å². The molecular formula is C84H77BBrF3N12O8. The zero-order valence-electron chi connectivity index (χ0n) is 60.0. The maximum absolute atomic E-state index is 13.9. The lowest BCUT2D eigenvalue weighted by molar-refractivity contribution is -0.192. The first kappa shape index (κ1) is 73.3. The van der Waals surface area contributed by atoms with E-state index in [0.717, 1.165) is 113 Å². The van der Waals surface area contributed by atoms with Crippen molar-refractivity contribution >= 4 is 46.4 Å². The van der Waals surface area contributed by atoms with Crippen molar-refractivity contribution in [3.8, 4) is 57.7 Å². The van der Waals surface area contributed by atoms with E-state index in [4.69, 9.17) is 76.2 Å². The van der Waals surface area contributed by atoms with Crippen LogP contribution in [0.3, 0.4) is 0 Å². The molecule has 109 heavy (non-hydrogen) atoms. The fourth-order valence-corrected chi connectivity index (χ4v) is 17.1. The second-order valence-corrected chi connectivity index (χ2v) is 29.5. The lowest BCUT2D eigenvalue weighted by atomic mass is 9.76. The highest BCUT2D eigenvalue weighted by Gasteiger charge is 2.54. The summed E-state index contributed by atoms with van der Waals surface area (Å²) in [6.45, 7) is 0. The number of nitrogens with two attached hydrogens (primary N) is 3. The second-order valence-electron chi connectivity index (χ2n) is 28.6. The van der Waals surface area contributed by atoms with E-state index >= 15 is 0 Å². The number of nitrogens with zero attached hydrogens (tertiary/aromatic N) is 9. The van der Waals surface area contributed by atoms with Crippen LogP contribution in [0.5, 0.6) is 17.2 Å². The molecule has 9 aromatic rings. The standard InChI is InChI=1S/2C28H25FN4O2.C21H22BrN3O2.C7H5BFNO2/c2*1-33-27(31)32-28(35-33)15-26(22-8-4-6-17-5-2-3-7-21(17)22)34-25-12-10-19(14-23(25)28)18-9-11-24(29)20(13-18)16-30;1-25-20(23)24-21(27-25)12-19(26-18-10-9-14(22)11-17(18)21)16-8-4-6-13-5-2-3-7-15(13)16;9-7-2-1-6(8(11)12)3-5(7)4-10/h2*2-3,5,7,9-14,22,26H,4,6,8,15H2,1H3,(H2,31,32);2-3,5,7,9-11,16,19H,4,6,8,12H2,1H3,(H2,23,24);1-3,11-12H/t22?,26-,28+;22-,26?,28+;;/m00../s1. The Bertz CT molecular complexity index is 5070. The van der Waals surface area contributed by atoms with Crippen molar-refractivity contribution in [1.82, 2.24) is 15.2 Å². The van der Waals surface area contributed by atoms with Crippen LogP contribution in [-0.4, -0.2) is 89.7 Å². The number of fused-ring (bicyclic) bond motifs is 9. The Morgan fingerprint density at radius 3 is 1.11 bits per heavy atom. The van der Waals surface area contributed by atoms with Gasteiger partial charge in [-0.1, -0.05) is 119 Å². The zero-order valence-corrected chi connectivity index (χ0v) is 61.5. The molecule has 0 bridgehead atoms. The van der Waals surface area contributed by atoms with Crippen molar-refractivity contribution in [1.29, 1.82) is 15.8 Å². The monoisotopic (exact) mass is 1530 g/mol. The molecule has 3 spiro atoms. The van der Waals surface area contributed by atoms with Crippen LogP contribution in [0.15, 0.2) is 201 Å². The predicted molar refractivity (Wildman–Crippen MR) is 408 cm³/mol. The molecule has 6 heterocycles. The third-order valence-corrected chi connectivity index (χ3v) is 22.5. The topological polar surface area (TPSA) is 292 Å². The maximum atomic E-state index is 13.9. The Hall–Kier alpha value is -11.2. The predicted octanol–water partition coefficient (Wildman–Crippen LogP) is 13.4. The molecule has 3 aliphatic carbocycles. The summed E-state index contributed by atoms with van der Waals surface area (Å²) >= 11 is 3.56. The van der Waals surface area contributed by atoms with Gasteiger partial charge in [-0.3, -0.25) is 0 Å². The van der Waals surface area contributed by atoms with Gasteiger partial charge in [-0.2, -0.15) is 15.8 Å². The highest BCUT2D eigenvalue weighted by molar-refractivity contribution is 9.10. The number of ether oxygens (including phenoxy) is 3. The summed E-state index contributed by atoms with van der Waals surface area (Å²) in [7, 11) is 3.62. The average molecular weight is 1530 g/mol. The summed E-state index contributed by atoms with van der Waals surface area (Å²) in [5.74, 6) is 2.26. The van der Waals surface area contributed by atoms with Crippen LogP contribution in [-0.2, 0) is 51.0 Å². The van der Waals surface area contributed by atoms with Crippen LogP contribution in [0.2, 0.25) is 0 Å². The van der Waals surface area contributed by atoms with Crippen LogP contribution in [0, 0.1) is 51.4 Å². The summed E-state index contributed by atoms with van der Waals surface area (Å²) in [4.78, 5) is 33.1. The highest BCUT2D eigenvalue weighted by atomic mass is 79.9. The van der Waals surface area contributed by atoms with E-state index in [-0.39, 0.29) is 52.3 Å². The SMILES string of the molecule is CN1OC2(CC(C3CCCc4ccccc43)Oc3ccc(Br)cc32)N=C1N.CN1O[C@@]2(CC([C@H]3CCCc4ccccc43)Oc3ccc(-c4ccc(F)c(C#N)c4)cc32)N=C1N.CN1O[C@@]2(C[C@@H](C3CCCc4ccccc43)Oc3ccc(-c4ccc(F)c(C#N)c4)cc32)N=C1N.N#Cc1cc(B(O)O)ccc1F. The summed E-state index contributed by atoms with van der Waals surface area (Å²) < 4.78 is 61.2. The highest BCUT2D eigenvalue weighted by Crippen LogP contribution is 2.55. The molecule has 0 aromatic heterocycles. The molecule has 18 rings (SSSR count). The van der Waals surface area contributed by atoms with Crippen molar-refractivity contribution in [2.75, 3.05) is 21.1 Å². The Kier molecular flexibility index (Phi) is 20.2. The van der Waals surface area contributed by atoms with Crippen molar-refractivity contribution in [2.45, 2.75) is 130 Å². The molecule has 0 amide bonds. The molecule has 25 heteroatoms. The minimum atomic E-state index is -1.67. The lowest BCUT2D eigenvalue weighted by Crippen LogP contribution is -2.42. The molecule has 552 valence electrons. The quantitative estimate of drug-likeness (QED) is 0.0967. The Balaban J connectivity index is 0.000000122. The number of nitriles is 3. The third-order valence-electron chi connectivity index (χ3n) is 22.0. The van der Waals surface area contributed by atoms with Crippen molar-refractivity contribution in [3.63, 3.8) is 0 Å². The van der Waals surface area contributed by atoms with Gasteiger partial charge in [0, 0.05) is 62.6 Å². The van der Waals surface area contributed by atoms with Gasteiger partial charge in [0.25, 0.3) is 0 Å². The van der Waals surface area contributed by atoms with E-state index in [0.29, 0.717) is 54.6 Å². The molecule has 6 aliphatic heterocycles. The molecule has 8 N–H and O–H groups in total. The fourth-order valence-electron chi connectivity index (χ4n) is 16.7. The van der Waals surface area contributed by atoms with Crippen LogP contribution in [0.1, 0.15) is 142 Å². The van der Waals surface area contributed by atoms with E-state index in [9.17, 15) is 23.7 Å². The Morgan fingerprint density at radius 1 is 0.440 bits per heavy atom. The number of guanidine groups is 3. The average Bonchev–Trinajstić information content (AvgIpc) is 1.66. The number of aryl methyl sites for hydroxylation is 3. The molecule has 9 aromatic carbocycles. The largest absolute Gasteiger partial charge is 0.489 e. The van der Waals surface area contributed by atoms with Gasteiger partial charge in [0.2, 0.25) is 35.1 Å². The molecule has 0 fully saturated rings. The first-order valence-corrected chi connectivity index (χ1v) is 37.1. The first-order valence-electron chi connectivity index (χ1n) is 36.3.